The Hall–Kier alpha value is -1.77. The molecular weight excluding hydrogens is 306 g/mol. The molecule has 0 spiro atoms. The molecule has 0 aromatic heterocycles. The van der Waals surface area contributed by atoms with Gasteiger partial charge in [-0.15, -0.1) is 0 Å². The molecule has 6 nitrogen and oxygen atoms in total. The zero-order valence-electron chi connectivity index (χ0n) is 11.8. The van der Waals surface area contributed by atoms with Crippen LogP contribution >= 0.6 is 0 Å². The van der Waals surface area contributed by atoms with Gasteiger partial charge in [0, 0.05) is 36.2 Å². The summed E-state index contributed by atoms with van der Waals surface area (Å²) in [6, 6.07) is 3.01. The largest absolute Gasteiger partial charge is 0.383 e. The van der Waals surface area contributed by atoms with Crippen LogP contribution in [0.3, 0.4) is 0 Å². The Kier molecular flexibility index (Phi) is 4.87. The van der Waals surface area contributed by atoms with E-state index < -0.39 is 37.2 Å². The van der Waals surface area contributed by atoms with E-state index >= 15 is 0 Å². The van der Waals surface area contributed by atoms with E-state index in [0.717, 1.165) is 24.5 Å². The maximum absolute atomic E-state index is 12.9. The van der Waals surface area contributed by atoms with Crippen LogP contribution in [0.4, 0.5) is 20.2 Å². The third-order valence-corrected chi connectivity index (χ3v) is 5.34. The predicted octanol–water partition coefficient (Wildman–Crippen LogP) is 2.77. The maximum atomic E-state index is 12.9. The molecule has 1 aromatic carbocycles. The molecule has 9 heteroatoms. The van der Waals surface area contributed by atoms with Crippen LogP contribution in [0.5, 0.6) is 0 Å². The second-order valence-electron chi connectivity index (χ2n) is 5.21. The Balaban J connectivity index is 3.07. The molecule has 0 amide bonds. The van der Waals surface area contributed by atoms with Gasteiger partial charge in [-0.3, -0.25) is 10.1 Å². The standard InChI is InChI=1S/C12H16F2N2O4S/c1-12(2,21(3,19)20)7-15-10-5-4-8(16(17)18)6-9(10)11(13)14/h4-6,11,15H,7H2,1-3H3. The fourth-order valence-electron chi connectivity index (χ4n) is 1.44. The summed E-state index contributed by atoms with van der Waals surface area (Å²) in [6.07, 6.45) is -1.85. The molecule has 0 unspecified atom stereocenters. The summed E-state index contributed by atoms with van der Waals surface area (Å²) in [7, 11) is -3.39. The first-order valence-corrected chi connectivity index (χ1v) is 7.85. The van der Waals surface area contributed by atoms with Gasteiger partial charge < -0.3 is 5.32 Å². The first-order valence-electron chi connectivity index (χ1n) is 5.95. The first kappa shape index (κ1) is 17.3. The van der Waals surface area contributed by atoms with Crippen molar-refractivity contribution in [2.75, 3.05) is 18.1 Å². The van der Waals surface area contributed by atoms with Crippen LogP contribution in [0.25, 0.3) is 0 Å². The van der Waals surface area contributed by atoms with Crippen LogP contribution in [0.2, 0.25) is 0 Å². The smallest absolute Gasteiger partial charge is 0.270 e. The Morgan fingerprint density at radius 3 is 2.38 bits per heavy atom. The van der Waals surface area contributed by atoms with Crippen molar-refractivity contribution in [1.82, 2.24) is 0 Å². The Labute approximate surface area is 121 Å². The van der Waals surface area contributed by atoms with Crippen molar-refractivity contribution < 1.29 is 22.1 Å². The topological polar surface area (TPSA) is 89.3 Å². The number of non-ortho nitro benzene ring substituents is 1. The van der Waals surface area contributed by atoms with E-state index in [1.807, 2.05) is 0 Å². The van der Waals surface area contributed by atoms with E-state index in [-0.39, 0.29) is 12.2 Å². The zero-order valence-corrected chi connectivity index (χ0v) is 12.6. The van der Waals surface area contributed by atoms with Crippen molar-refractivity contribution in [2.24, 2.45) is 0 Å². The molecule has 0 atom stereocenters. The van der Waals surface area contributed by atoms with Crippen molar-refractivity contribution in [3.05, 3.63) is 33.9 Å². The van der Waals surface area contributed by atoms with Gasteiger partial charge in [0.1, 0.15) is 0 Å². The average molecular weight is 322 g/mol. The van der Waals surface area contributed by atoms with Gasteiger partial charge in [-0.1, -0.05) is 0 Å². The number of rotatable bonds is 6. The van der Waals surface area contributed by atoms with Gasteiger partial charge in [-0.05, 0) is 19.9 Å². The number of nitro groups is 1. The number of anilines is 1. The van der Waals surface area contributed by atoms with E-state index in [1.54, 1.807) is 0 Å². The molecular formula is C12H16F2N2O4S. The minimum atomic E-state index is -3.39. The molecule has 21 heavy (non-hydrogen) atoms. The number of hydrogen-bond donors (Lipinski definition) is 1. The number of benzene rings is 1. The van der Waals surface area contributed by atoms with Crippen molar-refractivity contribution in [3.8, 4) is 0 Å². The maximum Gasteiger partial charge on any atom is 0.270 e. The van der Waals surface area contributed by atoms with Crippen molar-refractivity contribution in [2.45, 2.75) is 25.0 Å². The summed E-state index contributed by atoms with van der Waals surface area (Å²) >= 11 is 0. The summed E-state index contributed by atoms with van der Waals surface area (Å²) in [5.41, 5.74) is -1.00. The first-order chi connectivity index (χ1) is 9.45. The highest BCUT2D eigenvalue weighted by Gasteiger charge is 2.30. The van der Waals surface area contributed by atoms with Gasteiger partial charge >= 0.3 is 0 Å². The van der Waals surface area contributed by atoms with Gasteiger partial charge in [-0.2, -0.15) is 0 Å². The van der Waals surface area contributed by atoms with Gasteiger partial charge in [-0.25, -0.2) is 17.2 Å². The van der Waals surface area contributed by atoms with Crippen LogP contribution in [0.1, 0.15) is 25.8 Å². The average Bonchev–Trinajstić information content (AvgIpc) is 2.34. The lowest BCUT2D eigenvalue weighted by Gasteiger charge is -2.24. The highest BCUT2D eigenvalue weighted by atomic mass is 32.2. The molecule has 0 aliphatic heterocycles. The lowest BCUT2D eigenvalue weighted by atomic mass is 10.1. The highest BCUT2D eigenvalue weighted by Crippen LogP contribution is 2.31. The number of halogens is 2. The Bertz CT molecular complexity index is 645. The molecule has 118 valence electrons. The van der Waals surface area contributed by atoms with Crippen LogP contribution in [-0.2, 0) is 9.84 Å². The minimum absolute atomic E-state index is 0.0210. The van der Waals surface area contributed by atoms with Crippen molar-refractivity contribution in [3.63, 3.8) is 0 Å². The van der Waals surface area contributed by atoms with Crippen LogP contribution in [0, 0.1) is 10.1 Å². The second-order valence-corrected chi connectivity index (χ2v) is 7.86. The van der Waals surface area contributed by atoms with Gasteiger partial charge in [0.2, 0.25) is 0 Å². The summed E-state index contributed by atoms with van der Waals surface area (Å²) < 4.78 is 47.8. The fourth-order valence-corrected chi connectivity index (χ4v) is 1.78. The number of hydrogen-bond acceptors (Lipinski definition) is 5. The quantitative estimate of drug-likeness (QED) is 0.642. The third kappa shape index (κ3) is 4.10. The van der Waals surface area contributed by atoms with Crippen LogP contribution in [0.15, 0.2) is 18.2 Å². The van der Waals surface area contributed by atoms with E-state index in [4.69, 9.17) is 0 Å². The number of nitrogens with one attached hydrogen (secondary N) is 1. The van der Waals surface area contributed by atoms with E-state index in [1.165, 1.54) is 13.8 Å². The molecule has 0 saturated heterocycles. The zero-order chi connectivity index (χ0) is 16.4. The summed E-state index contributed by atoms with van der Waals surface area (Å²) in [5.74, 6) is 0. The molecule has 0 saturated carbocycles. The molecule has 1 aromatic rings. The fraction of sp³-hybridized carbons (Fsp3) is 0.500. The van der Waals surface area contributed by atoms with Gasteiger partial charge in [0.25, 0.3) is 12.1 Å². The number of nitro benzene ring substituents is 1. The van der Waals surface area contributed by atoms with E-state index in [9.17, 15) is 27.3 Å². The molecule has 1 rings (SSSR count). The molecule has 0 aliphatic rings. The van der Waals surface area contributed by atoms with Crippen molar-refractivity contribution >= 4 is 21.2 Å². The summed E-state index contributed by atoms with van der Waals surface area (Å²) in [6.45, 7) is 2.83. The molecule has 0 aliphatic carbocycles. The molecule has 0 fully saturated rings. The third-order valence-electron chi connectivity index (χ3n) is 3.19. The Morgan fingerprint density at radius 2 is 1.95 bits per heavy atom. The number of sulfone groups is 1. The lowest BCUT2D eigenvalue weighted by Crippen LogP contribution is -2.38. The summed E-state index contributed by atoms with van der Waals surface area (Å²) in [5, 5.41) is 13.2. The summed E-state index contributed by atoms with van der Waals surface area (Å²) in [4.78, 5) is 9.83. The van der Waals surface area contributed by atoms with Crippen molar-refractivity contribution in [1.29, 1.82) is 0 Å². The van der Waals surface area contributed by atoms with Crippen LogP contribution in [-0.4, -0.2) is 30.9 Å². The number of nitrogens with zero attached hydrogens (tertiary/aromatic N) is 1. The van der Waals surface area contributed by atoms with Gasteiger partial charge in [0.05, 0.1) is 9.67 Å². The minimum Gasteiger partial charge on any atom is -0.383 e. The monoisotopic (exact) mass is 322 g/mol. The lowest BCUT2D eigenvalue weighted by molar-refractivity contribution is -0.385. The SMILES string of the molecule is CC(C)(CNc1ccc([N+](=O)[O-])cc1C(F)F)S(C)(=O)=O. The predicted molar refractivity (Wildman–Crippen MR) is 75.5 cm³/mol. The molecule has 0 bridgehead atoms. The van der Waals surface area contributed by atoms with Gasteiger partial charge in [0.15, 0.2) is 9.84 Å². The normalized spacial score (nSPS) is 12.5. The molecule has 0 heterocycles. The van der Waals surface area contributed by atoms with E-state index in [2.05, 4.69) is 5.32 Å². The second kappa shape index (κ2) is 5.92. The number of alkyl halides is 2. The molecule has 0 radical (unpaired) electrons. The Morgan fingerprint density at radius 1 is 1.38 bits per heavy atom. The molecule has 1 N–H and O–H groups in total. The van der Waals surface area contributed by atoms with E-state index in [0.29, 0.717) is 0 Å². The highest BCUT2D eigenvalue weighted by molar-refractivity contribution is 7.92. The van der Waals surface area contributed by atoms with Crippen LogP contribution < -0.4 is 5.32 Å².